The zero-order valence-corrected chi connectivity index (χ0v) is 40.4. The maximum absolute atomic E-state index is 12.8. The van der Waals surface area contributed by atoms with E-state index in [-0.39, 0.29) is 31.1 Å². The van der Waals surface area contributed by atoms with Gasteiger partial charge in [-0.25, -0.2) is 0 Å². The Labute approximate surface area is 368 Å². The van der Waals surface area contributed by atoms with Crippen LogP contribution >= 0.6 is 0 Å². The first kappa shape index (κ1) is 57.4. The lowest BCUT2D eigenvalue weighted by Gasteiger charge is -2.18. The molecule has 0 radical (unpaired) electrons. The van der Waals surface area contributed by atoms with Crippen LogP contribution in [0.2, 0.25) is 0 Å². The third kappa shape index (κ3) is 44.3. The topological polar surface area (TPSA) is 78.9 Å². The summed E-state index contributed by atoms with van der Waals surface area (Å²) in [4.78, 5) is 38.0. The van der Waals surface area contributed by atoms with Crippen molar-refractivity contribution < 1.29 is 28.6 Å². The van der Waals surface area contributed by atoms with Crippen molar-refractivity contribution in [3.63, 3.8) is 0 Å². The molecule has 59 heavy (non-hydrogen) atoms. The zero-order valence-electron chi connectivity index (χ0n) is 40.4. The number of rotatable bonds is 47. The lowest BCUT2D eigenvalue weighted by atomic mass is 9.99. The summed E-state index contributed by atoms with van der Waals surface area (Å²) in [5.74, 6) is 0.866. The van der Waals surface area contributed by atoms with E-state index in [2.05, 4.69) is 34.6 Å². The van der Waals surface area contributed by atoms with Gasteiger partial charge >= 0.3 is 17.9 Å². The number of carbonyl (C=O) groups is 3. The average molecular weight is 835 g/mol. The van der Waals surface area contributed by atoms with Crippen LogP contribution in [0.5, 0.6) is 0 Å². The van der Waals surface area contributed by atoms with E-state index in [1.165, 1.54) is 180 Å². The average Bonchev–Trinajstić information content (AvgIpc) is 3.23. The summed E-state index contributed by atoms with van der Waals surface area (Å²) >= 11 is 0. The lowest BCUT2D eigenvalue weighted by molar-refractivity contribution is -0.167. The second-order valence-corrected chi connectivity index (χ2v) is 18.6. The van der Waals surface area contributed by atoms with Gasteiger partial charge in [-0.05, 0) is 31.1 Å². The van der Waals surface area contributed by atoms with E-state index in [4.69, 9.17) is 14.2 Å². The summed E-state index contributed by atoms with van der Waals surface area (Å²) in [6.07, 6.45) is 46.5. The third-order valence-electron chi connectivity index (χ3n) is 12.7. The molecule has 0 aromatic rings. The highest BCUT2D eigenvalue weighted by Crippen LogP contribution is 2.18. The second kappa shape index (κ2) is 45.9. The number of ether oxygens (including phenoxy) is 3. The third-order valence-corrected chi connectivity index (χ3v) is 12.7. The molecule has 6 nitrogen and oxygen atoms in total. The maximum Gasteiger partial charge on any atom is 0.306 e. The number of hydrogen-bond acceptors (Lipinski definition) is 6. The molecule has 0 aromatic carbocycles. The smallest absolute Gasteiger partial charge is 0.306 e. The maximum atomic E-state index is 12.8. The minimum absolute atomic E-state index is 0.0640. The molecule has 0 aliphatic carbocycles. The van der Waals surface area contributed by atoms with Crippen LogP contribution in [0, 0.1) is 11.8 Å². The van der Waals surface area contributed by atoms with Crippen molar-refractivity contribution in [3.8, 4) is 0 Å². The molecule has 350 valence electrons. The van der Waals surface area contributed by atoms with E-state index in [9.17, 15) is 14.4 Å². The van der Waals surface area contributed by atoms with Crippen LogP contribution in [0.3, 0.4) is 0 Å². The molecule has 0 aliphatic heterocycles. The van der Waals surface area contributed by atoms with Gasteiger partial charge in [-0.15, -0.1) is 0 Å². The van der Waals surface area contributed by atoms with Crippen molar-refractivity contribution in [3.05, 3.63) is 0 Å². The highest BCUT2D eigenvalue weighted by Gasteiger charge is 2.19. The van der Waals surface area contributed by atoms with Crippen LogP contribution in [0.1, 0.15) is 291 Å². The fourth-order valence-corrected chi connectivity index (χ4v) is 7.93. The minimum atomic E-state index is -0.762. The van der Waals surface area contributed by atoms with Gasteiger partial charge in [0.2, 0.25) is 0 Å². The summed E-state index contributed by atoms with van der Waals surface area (Å²) < 4.78 is 16.8. The number of hydrogen-bond donors (Lipinski definition) is 0. The van der Waals surface area contributed by atoms with E-state index < -0.39 is 6.10 Å². The van der Waals surface area contributed by atoms with Gasteiger partial charge in [0.15, 0.2) is 6.10 Å². The Bertz CT molecular complexity index is 904. The Morgan fingerprint density at radius 1 is 0.339 bits per heavy atom. The molecule has 0 aromatic heterocycles. The van der Waals surface area contributed by atoms with Crippen molar-refractivity contribution in [1.29, 1.82) is 0 Å². The Morgan fingerprint density at radius 2 is 0.593 bits per heavy atom. The Hall–Kier alpha value is -1.59. The second-order valence-electron chi connectivity index (χ2n) is 18.6. The normalized spacial score (nSPS) is 13.0. The highest BCUT2D eigenvalue weighted by molar-refractivity contribution is 5.71. The quantitative estimate of drug-likeness (QED) is 0.0345. The summed E-state index contributed by atoms with van der Waals surface area (Å²) in [7, 11) is 0. The van der Waals surface area contributed by atoms with Crippen molar-refractivity contribution in [1.82, 2.24) is 0 Å². The molecule has 0 aliphatic rings. The van der Waals surface area contributed by atoms with Gasteiger partial charge in [0, 0.05) is 19.3 Å². The first-order valence-corrected chi connectivity index (χ1v) is 26.3. The van der Waals surface area contributed by atoms with Crippen LogP contribution < -0.4 is 0 Å². The Kier molecular flexibility index (Phi) is 44.7. The van der Waals surface area contributed by atoms with Gasteiger partial charge in [-0.1, -0.05) is 253 Å². The van der Waals surface area contributed by atoms with E-state index in [1.54, 1.807) is 0 Å². The summed E-state index contributed by atoms with van der Waals surface area (Å²) in [5.41, 5.74) is 0. The number of unbranched alkanes of at least 4 members (excludes halogenated alkanes) is 30. The number of carbonyl (C=O) groups excluding carboxylic acids is 3. The predicted octanol–water partition coefficient (Wildman–Crippen LogP) is 16.9. The largest absolute Gasteiger partial charge is 0.462 e. The van der Waals surface area contributed by atoms with Crippen molar-refractivity contribution in [2.24, 2.45) is 11.8 Å². The molecule has 0 fully saturated rings. The Morgan fingerprint density at radius 3 is 0.881 bits per heavy atom. The summed E-state index contributed by atoms with van der Waals surface area (Å²) in [6.45, 7) is 11.4. The number of esters is 3. The first-order chi connectivity index (χ1) is 28.8. The van der Waals surface area contributed by atoms with E-state index in [0.29, 0.717) is 19.3 Å². The molecule has 0 rings (SSSR count). The molecule has 0 bridgehead atoms. The van der Waals surface area contributed by atoms with Crippen LogP contribution in [-0.2, 0) is 28.6 Å². The fraction of sp³-hybridized carbons (Fsp3) is 0.943. The molecule has 0 saturated carbocycles. The van der Waals surface area contributed by atoms with Gasteiger partial charge < -0.3 is 14.2 Å². The first-order valence-electron chi connectivity index (χ1n) is 26.3. The van der Waals surface area contributed by atoms with E-state index in [0.717, 1.165) is 69.6 Å². The molecule has 0 saturated heterocycles. The van der Waals surface area contributed by atoms with E-state index >= 15 is 0 Å². The van der Waals surface area contributed by atoms with Crippen LogP contribution in [0.15, 0.2) is 0 Å². The lowest BCUT2D eigenvalue weighted by Crippen LogP contribution is -2.30. The van der Waals surface area contributed by atoms with Gasteiger partial charge in [0.05, 0.1) is 0 Å². The van der Waals surface area contributed by atoms with Crippen molar-refractivity contribution >= 4 is 17.9 Å². The SMILES string of the molecule is CCCCCCCCCCCCCCCCCC(=O)OC[C@@H](COC(=O)CCCCCCCCCCCCC(C)CC)OC(=O)CCCCCCCCCCC(C)CC. The predicted molar refractivity (Wildman–Crippen MR) is 252 cm³/mol. The fourth-order valence-electron chi connectivity index (χ4n) is 7.93. The molecule has 0 heterocycles. The van der Waals surface area contributed by atoms with E-state index in [1.807, 2.05) is 0 Å². The zero-order chi connectivity index (χ0) is 43.3. The summed E-state index contributed by atoms with van der Waals surface area (Å²) in [5, 5.41) is 0. The molecule has 6 heteroatoms. The standard InChI is InChI=1S/C53H102O6/c1-6-9-10-11-12-13-14-15-16-17-18-22-28-33-38-43-51(54)57-46-50(59-53(56)45-40-35-30-25-24-27-32-37-42-49(5)8-3)47-58-52(55)44-39-34-29-23-20-19-21-26-31-36-41-48(4)7-2/h48-50H,6-47H2,1-5H3/t48?,49?,50-/m0/s1. The molecule has 0 spiro atoms. The van der Waals surface area contributed by atoms with Gasteiger partial charge in [-0.2, -0.15) is 0 Å². The van der Waals surface area contributed by atoms with Gasteiger partial charge in [0.25, 0.3) is 0 Å². The van der Waals surface area contributed by atoms with Crippen molar-refractivity contribution in [2.75, 3.05) is 13.2 Å². The highest BCUT2D eigenvalue weighted by atomic mass is 16.6. The molecule has 2 unspecified atom stereocenters. The summed E-state index contributed by atoms with van der Waals surface area (Å²) in [6, 6.07) is 0. The van der Waals surface area contributed by atoms with Gasteiger partial charge in [-0.3, -0.25) is 14.4 Å². The van der Waals surface area contributed by atoms with Crippen molar-refractivity contribution in [2.45, 2.75) is 298 Å². The van der Waals surface area contributed by atoms with Crippen LogP contribution in [0.4, 0.5) is 0 Å². The molecule has 0 N–H and O–H groups in total. The Balaban J connectivity index is 4.32. The van der Waals surface area contributed by atoms with Crippen LogP contribution in [0.25, 0.3) is 0 Å². The molecule has 3 atom stereocenters. The van der Waals surface area contributed by atoms with Gasteiger partial charge in [0.1, 0.15) is 13.2 Å². The molecular formula is C53H102O6. The monoisotopic (exact) mass is 835 g/mol. The molecular weight excluding hydrogens is 733 g/mol. The minimum Gasteiger partial charge on any atom is -0.462 e. The molecule has 0 amide bonds. The van der Waals surface area contributed by atoms with Crippen LogP contribution in [-0.4, -0.2) is 37.2 Å².